The van der Waals surface area contributed by atoms with Crippen LogP contribution in [0, 0.1) is 5.82 Å². The SMILES string of the molecule is CN(c1ccc(F)cc1)c1nc2cc(N)ccc2o1. The zero-order chi connectivity index (χ0) is 13.4. The molecule has 0 saturated heterocycles. The number of halogens is 1. The van der Waals surface area contributed by atoms with Crippen LogP contribution in [0.4, 0.5) is 21.8 Å². The third-order valence-corrected chi connectivity index (χ3v) is 2.90. The van der Waals surface area contributed by atoms with Crippen LogP contribution < -0.4 is 10.6 Å². The average molecular weight is 257 g/mol. The third-order valence-electron chi connectivity index (χ3n) is 2.90. The van der Waals surface area contributed by atoms with Crippen LogP contribution in [0.1, 0.15) is 0 Å². The summed E-state index contributed by atoms with van der Waals surface area (Å²) >= 11 is 0. The van der Waals surface area contributed by atoms with E-state index < -0.39 is 0 Å². The molecule has 19 heavy (non-hydrogen) atoms. The smallest absolute Gasteiger partial charge is 0.302 e. The number of nitrogens with zero attached hydrogens (tertiary/aromatic N) is 2. The largest absolute Gasteiger partial charge is 0.423 e. The predicted molar refractivity (Wildman–Crippen MR) is 72.9 cm³/mol. The van der Waals surface area contributed by atoms with Gasteiger partial charge >= 0.3 is 6.01 Å². The molecule has 5 heteroatoms. The van der Waals surface area contributed by atoms with Crippen LogP contribution in [0.2, 0.25) is 0 Å². The first-order valence-electron chi connectivity index (χ1n) is 5.79. The Balaban J connectivity index is 2.01. The molecule has 0 radical (unpaired) electrons. The number of hydrogen-bond acceptors (Lipinski definition) is 4. The Kier molecular flexibility index (Phi) is 2.59. The number of benzene rings is 2. The van der Waals surface area contributed by atoms with Crippen molar-refractivity contribution < 1.29 is 8.81 Å². The summed E-state index contributed by atoms with van der Waals surface area (Å²) in [7, 11) is 1.81. The Hall–Kier alpha value is -2.56. The van der Waals surface area contributed by atoms with E-state index in [-0.39, 0.29) is 5.82 Å². The number of nitrogen functional groups attached to an aromatic ring is 1. The van der Waals surface area contributed by atoms with Crippen molar-refractivity contribution >= 4 is 28.5 Å². The summed E-state index contributed by atoms with van der Waals surface area (Å²) in [5.74, 6) is -0.275. The highest BCUT2D eigenvalue weighted by Crippen LogP contribution is 2.27. The van der Waals surface area contributed by atoms with E-state index >= 15 is 0 Å². The van der Waals surface area contributed by atoms with Gasteiger partial charge in [-0.25, -0.2) is 4.39 Å². The third kappa shape index (κ3) is 2.10. The maximum Gasteiger partial charge on any atom is 0.302 e. The minimum atomic E-state index is -0.275. The summed E-state index contributed by atoms with van der Waals surface area (Å²) in [5, 5.41) is 0. The molecule has 3 rings (SSSR count). The Labute approximate surface area is 109 Å². The van der Waals surface area contributed by atoms with E-state index in [0.717, 1.165) is 5.69 Å². The van der Waals surface area contributed by atoms with Crippen LogP contribution in [0.3, 0.4) is 0 Å². The molecule has 0 amide bonds. The summed E-state index contributed by atoms with van der Waals surface area (Å²) in [6.45, 7) is 0. The normalized spacial score (nSPS) is 10.8. The molecule has 0 unspecified atom stereocenters. The topological polar surface area (TPSA) is 55.3 Å². The molecule has 0 saturated carbocycles. The van der Waals surface area contributed by atoms with E-state index in [4.69, 9.17) is 10.2 Å². The molecule has 96 valence electrons. The highest BCUT2D eigenvalue weighted by atomic mass is 19.1. The number of hydrogen-bond donors (Lipinski definition) is 1. The van der Waals surface area contributed by atoms with Gasteiger partial charge < -0.3 is 10.2 Å². The van der Waals surface area contributed by atoms with Crippen LogP contribution >= 0.6 is 0 Å². The average Bonchev–Trinajstić information content (AvgIpc) is 2.81. The Morgan fingerprint density at radius 2 is 1.89 bits per heavy atom. The molecule has 0 atom stereocenters. The van der Waals surface area contributed by atoms with Gasteiger partial charge in [0, 0.05) is 18.4 Å². The quantitative estimate of drug-likeness (QED) is 0.715. The lowest BCUT2D eigenvalue weighted by Crippen LogP contribution is -2.09. The van der Waals surface area contributed by atoms with Crippen molar-refractivity contribution in [1.82, 2.24) is 4.98 Å². The second-order valence-corrected chi connectivity index (χ2v) is 4.26. The van der Waals surface area contributed by atoms with Crippen LogP contribution in [-0.2, 0) is 0 Å². The molecular formula is C14H12FN3O. The van der Waals surface area contributed by atoms with Crippen molar-refractivity contribution in [1.29, 1.82) is 0 Å². The highest BCUT2D eigenvalue weighted by Gasteiger charge is 2.12. The highest BCUT2D eigenvalue weighted by molar-refractivity contribution is 5.79. The van der Waals surface area contributed by atoms with Gasteiger partial charge in [0.15, 0.2) is 5.58 Å². The van der Waals surface area contributed by atoms with E-state index in [9.17, 15) is 4.39 Å². The van der Waals surface area contributed by atoms with Crippen LogP contribution in [-0.4, -0.2) is 12.0 Å². The van der Waals surface area contributed by atoms with Crippen LogP contribution in [0.5, 0.6) is 0 Å². The Morgan fingerprint density at radius 3 is 2.63 bits per heavy atom. The molecular weight excluding hydrogens is 245 g/mol. The van der Waals surface area contributed by atoms with E-state index in [0.29, 0.717) is 22.8 Å². The number of aromatic nitrogens is 1. The van der Waals surface area contributed by atoms with Gasteiger partial charge in [-0.15, -0.1) is 0 Å². The van der Waals surface area contributed by atoms with Crippen LogP contribution in [0.25, 0.3) is 11.1 Å². The molecule has 0 spiro atoms. The molecule has 0 fully saturated rings. The number of rotatable bonds is 2. The summed E-state index contributed by atoms with van der Waals surface area (Å²) < 4.78 is 18.5. The first-order valence-corrected chi connectivity index (χ1v) is 5.79. The first kappa shape index (κ1) is 11.5. The van der Waals surface area contributed by atoms with Gasteiger partial charge in [-0.3, -0.25) is 4.90 Å². The fourth-order valence-electron chi connectivity index (χ4n) is 1.85. The fraction of sp³-hybridized carbons (Fsp3) is 0.0714. The van der Waals surface area contributed by atoms with Gasteiger partial charge in [-0.2, -0.15) is 4.98 Å². The minimum Gasteiger partial charge on any atom is -0.423 e. The van der Waals surface area contributed by atoms with Gasteiger partial charge in [-0.05, 0) is 42.5 Å². The monoisotopic (exact) mass is 257 g/mol. The molecule has 3 aromatic rings. The van der Waals surface area contributed by atoms with Gasteiger partial charge in [0.1, 0.15) is 11.3 Å². The maximum absolute atomic E-state index is 12.9. The van der Waals surface area contributed by atoms with E-state index in [1.165, 1.54) is 12.1 Å². The molecule has 1 aromatic heterocycles. The van der Waals surface area contributed by atoms with Crippen molar-refractivity contribution in [2.75, 3.05) is 17.7 Å². The fourth-order valence-corrected chi connectivity index (χ4v) is 1.85. The number of nitrogens with two attached hydrogens (primary N) is 1. The minimum absolute atomic E-state index is 0.275. The van der Waals surface area contributed by atoms with Crippen molar-refractivity contribution in [3.8, 4) is 0 Å². The summed E-state index contributed by atoms with van der Waals surface area (Å²) in [4.78, 5) is 6.10. The summed E-state index contributed by atoms with van der Waals surface area (Å²) in [5.41, 5.74) is 8.49. The number of oxazole rings is 1. The second kappa shape index (κ2) is 4.28. The van der Waals surface area contributed by atoms with Gasteiger partial charge in [0.2, 0.25) is 0 Å². The van der Waals surface area contributed by atoms with E-state index in [1.54, 1.807) is 42.3 Å². The molecule has 0 aliphatic carbocycles. The number of fused-ring (bicyclic) bond motifs is 1. The standard InChI is InChI=1S/C14H12FN3O/c1-18(11-5-2-9(15)3-6-11)14-17-12-8-10(16)4-7-13(12)19-14/h2-8H,16H2,1H3. The van der Waals surface area contributed by atoms with E-state index in [1.807, 2.05) is 0 Å². The lowest BCUT2D eigenvalue weighted by atomic mass is 10.3. The van der Waals surface area contributed by atoms with Gasteiger partial charge in [-0.1, -0.05) is 0 Å². The Bertz CT molecular complexity index is 721. The molecule has 2 aromatic carbocycles. The van der Waals surface area contributed by atoms with E-state index in [2.05, 4.69) is 4.98 Å². The maximum atomic E-state index is 12.9. The Morgan fingerprint density at radius 1 is 1.16 bits per heavy atom. The van der Waals surface area contributed by atoms with Crippen molar-refractivity contribution in [3.63, 3.8) is 0 Å². The zero-order valence-electron chi connectivity index (χ0n) is 10.3. The van der Waals surface area contributed by atoms with Crippen molar-refractivity contribution in [3.05, 3.63) is 48.3 Å². The molecule has 0 bridgehead atoms. The molecule has 0 aliphatic rings. The number of anilines is 3. The first-order chi connectivity index (χ1) is 9.13. The van der Waals surface area contributed by atoms with Gasteiger partial charge in [0.25, 0.3) is 0 Å². The van der Waals surface area contributed by atoms with Gasteiger partial charge in [0.05, 0.1) is 0 Å². The predicted octanol–water partition coefficient (Wildman–Crippen LogP) is 3.32. The second-order valence-electron chi connectivity index (χ2n) is 4.26. The van der Waals surface area contributed by atoms with Crippen molar-refractivity contribution in [2.24, 2.45) is 0 Å². The lowest BCUT2D eigenvalue weighted by Gasteiger charge is -2.13. The zero-order valence-corrected chi connectivity index (χ0v) is 10.3. The van der Waals surface area contributed by atoms with Crippen LogP contribution in [0.15, 0.2) is 46.9 Å². The molecule has 0 aliphatic heterocycles. The molecule has 2 N–H and O–H groups in total. The molecule has 4 nitrogen and oxygen atoms in total. The summed E-state index contributed by atoms with van der Waals surface area (Å²) in [6.07, 6.45) is 0. The lowest BCUT2D eigenvalue weighted by molar-refractivity contribution is 0.602. The van der Waals surface area contributed by atoms with Crippen molar-refractivity contribution in [2.45, 2.75) is 0 Å². The molecule has 1 heterocycles. The summed E-state index contributed by atoms with van der Waals surface area (Å²) in [6, 6.07) is 11.8.